The quantitative estimate of drug-likeness (QED) is 0.0733. The molecule has 15 nitrogen and oxygen atoms in total. The van der Waals surface area contributed by atoms with Crippen LogP contribution in [0.3, 0.4) is 0 Å². The van der Waals surface area contributed by atoms with Gasteiger partial charge in [-0.05, 0) is 283 Å². The number of carbonyl (C=O) groups excluding carboxylic acids is 1. The summed E-state index contributed by atoms with van der Waals surface area (Å²) < 4.78 is 63.1. The number of aliphatic hydroxyl groups is 3. The third kappa shape index (κ3) is 13.0. The molecule has 17 heteroatoms. The van der Waals surface area contributed by atoms with E-state index in [1.165, 1.54) is 122 Å². The maximum Gasteiger partial charge on any atom is 0.303 e. The Morgan fingerprint density at radius 3 is 1.23 bits per heavy atom. The van der Waals surface area contributed by atoms with Crippen LogP contribution < -0.4 is 0 Å². The minimum absolute atomic E-state index is 0. The van der Waals surface area contributed by atoms with Gasteiger partial charge in [0.1, 0.15) is 6.10 Å². The standard InChI is InChI=1S/C46H79NO7Si.C44H77NO6Si.2CH4/c1-12-55(13-2,14-3)54-40-38-37(29(4)26-32(52-38)39(42(8,9)49)51-30(5)48)43(10)22-23-46-28-45(46)21-20-35(41(6,7)33(45)18-19-34(46)44(40,43)11)53-36-27-47(24-25-50-36)31-16-15-17-31;1-11-52(12-2,13-3)51-38-36-35(28(4)25-30(49-36)37(46)40(7,8)47)41(9)21-22-44-27-43(44)20-19-33(39(5,6)31(43)17-18-32(44)42(38,41)10)50-34-26-45(23-24-48-34)29-15-14-16-29;;/h29,31-40,49H,12-28H2,1-11H3;28-38,46-47H,11-27H2,1-10H3;2*1H4/t29-,32-,33+,34+,35+,36+,37+,38+,39+,40+,43-,44-,45-,46?;28-,30-,31+,32+,33+,34+,35+,36+,37+,38+,41-,42-,43-,44?;;/m11../s1. The van der Waals surface area contributed by atoms with Crippen molar-refractivity contribution in [2.75, 3.05) is 39.4 Å². The van der Waals surface area contributed by atoms with Crippen LogP contribution in [0.5, 0.6) is 0 Å². The highest BCUT2D eigenvalue weighted by atomic mass is 28.4. The van der Waals surface area contributed by atoms with Crippen LogP contribution in [-0.2, 0) is 46.8 Å². The molecule has 0 amide bonds. The number of hydrogen-bond acceptors (Lipinski definition) is 15. The molecule has 4 spiro atoms. The summed E-state index contributed by atoms with van der Waals surface area (Å²) >= 11 is 0. The molecule has 28 atom stereocenters. The summed E-state index contributed by atoms with van der Waals surface area (Å²) in [5.74, 6) is 3.67. The maximum atomic E-state index is 12.4. The van der Waals surface area contributed by atoms with E-state index in [1.54, 1.807) is 27.7 Å². The van der Waals surface area contributed by atoms with Gasteiger partial charge in [0.2, 0.25) is 0 Å². The van der Waals surface area contributed by atoms with Gasteiger partial charge in [-0.1, -0.05) is 138 Å². The first-order chi connectivity index (χ1) is 50.3. The third-order valence-electron chi connectivity index (χ3n) is 38.4. The fourth-order valence-electron chi connectivity index (χ4n) is 31.6. The summed E-state index contributed by atoms with van der Waals surface area (Å²) in [6.07, 6.45) is 25.2. The molecule has 628 valence electrons. The van der Waals surface area contributed by atoms with Crippen molar-refractivity contribution in [1.29, 1.82) is 0 Å². The van der Waals surface area contributed by atoms with E-state index in [-0.39, 0.29) is 115 Å². The number of hydrogen-bond donors (Lipinski definition) is 3. The van der Waals surface area contributed by atoms with E-state index >= 15 is 0 Å². The fraction of sp³-hybridized carbons (Fsp3) is 0.989. The predicted molar refractivity (Wildman–Crippen MR) is 440 cm³/mol. The van der Waals surface area contributed by atoms with Crippen LogP contribution in [0.4, 0.5) is 0 Å². The van der Waals surface area contributed by atoms with Gasteiger partial charge in [0, 0.05) is 56.0 Å². The number of nitrogens with zero attached hydrogens (tertiary/aromatic N) is 2. The van der Waals surface area contributed by atoms with Gasteiger partial charge < -0.3 is 57.3 Å². The zero-order valence-electron chi connectivity index (χ0n) is 71.6. The normalized spacial score (nSPS) is 47.5. The summed E-state index contributed by atoms with van der Waals surface area (Å²) in [5.41, 5.74) is -0.608. The molecular weight excluding hydrogens is 1400 g/mol. The van der Waals surface area contributed by atoms with Crippen LogP contribution >= 0.6 is 0 Å². The van der Waals surface area contributed by atoms with E-state index in [2.05, 4.69) is 121 Å². The maximum absolute atomic E-state index is 12.4. The zero-order chi connectivity index (χ0) is 76.8. The molecule has 3 N–H and O–H groups in total. The van der Waals surface area contributed by atoms with Gasteiger partial charge in [0.25, 0.3) is 0 Å². The van der Waals surface area contributed by atoms with E-state index in [4.69, 9.17) is 42.0 Å². The summed E-state index contributed by atoms with van der Waals surface area (Å²) in [6.45, 7) is 53.9. The first-order valence-corrected chi connectivity index (χ1v) is 50.4. The first-order valence-electron chi connectivity index (χ1n) is 45.3. The molecule has 0 bridgehead atoms. The van der Waals surface area contributed by atoms with Crippen LogP contribution in [0.15, 0.2) is 0 Å². The Hall–Kier alpha value is -0.616. The van der Waals surface area contributed by atoms with E-state index in [9.17, 15) is 20.1 Å². The lowest BCUT2D eigenvalue weighted by molar-refractivity contribution is -0.252. The van der Waals surface area contributed by atoms with E-state index < -0.39 is 40.0 Å². The van der Waals surface area contributed by atoms with Crippen molar-refractivity contribution in [3.8, 4) is 0 Å². The fourth-order valence-corrected chi connectivity index (χ4v) is 37.5. The molecule has 0 radical (unpaired) electrons. The molecule has 2 unspecified atom stereocenters. The molecule has 4 aliphatic heterocycles. The highest BCUT2D eigenvalue weighted by Gasteiger charge is 2.88. The van der Waals surface area contributed by atoms with Crippen LogP contribution in [0.25, 0.3) is 0 Å². The number of aliphatic hydroxyl groups excluding tert-OH is 1. The van der Waals surface area contributed by atoms with Crippen molar-refractivity contribution in [1.82, 2.24) is 9.80 Å². The summed E-state index contributed by atoms with van der Waals surface area (Å²) in [7, 11) is -4.08. The second-order valence-corrected chi connectivity index (χ2v) is 53.0. The lowest BCUT2D eigenvalue weighted by Gasteiger charge is -2.64. The van der Waals surface area contributed by atoms with Crippen molar-refractivity contribution >= 4 is 22.6 Å². The first kappa shape index (κ1) is 86.2. The van der Waals surface area contributed by atoms with E-state index in [1.807, 2.05) is 0 Å². The SMILES string of the molecule is C.C.CC[Si](CC)(CC)O[C@H]1[C@H]2O[C@@H]([C@H](O)C(C)(C)O)C[C@@H](C)[C@@H]2[C@@]2(C)CCC34C[C@@]35CC[C@H](O[C@H]3CN(C6CCC6)CCO3)C(C)(C)[C@@H]5CC[C@H]4[C@]12C.CC[Si](CC)(CC)O[C@H]1[C@H]2O[C@@H]([C@H](OC(C)=O)C(C)(C)O)C[C@@H](C)[C@@H]2[C@@]2(C)CCC34C[C@@]35CC[C@H](O[C@H]3CN(C6CCC6)CCO3)C(C)(C)[C@@H]5CC[C@H]4[C@]12C. The molecule has 4 heterocycles. The number of ether oxygens (including phenoxy) is 7. The number of morpholine rings is 2. The van der Waals surface area contributed by atoms with Gasteiger partial charge in [0.15, 0.2) is 35.3 Å². The highest BCUT2D eigenvalue weighted by Crippen LogP contribution is 2.92. The third-order valence-corrected chi connectivity index (χ3v) is 47.7. The number of rotatable bonds is 21. The summed E-state index contributed by atoms with van der Waals surface area (Å²) in [5, 5.41) is 33.8. The van der Waals surface area contributed by atoms with Gasteiger partial charge in [-0.2, -0.15) is 0 Å². The molecule has 16 aliphatic rings. The Morgan fingerprint density at radius 2 is 0.881 bits per heavy atom. The zero-order valence-corrected chi connectivity index (χ0v) is 73.6. The van der Waals surface area contributed by atoms with Crippen molar-refractivity contribution in [2.45, 2.75) is 435 Å². The van der Waals surface area contributed by atoms with Crippen LogP contribution in [0.2, 0.25) is 36.3 Å². The lowest BCUT2D eigenvalue weighted by Crippen LogP contribution is -2.61. The number of esters is 1. The Bertz CT molecular complexity index is 3170. The molecule has 4 saturated heterocycles. The Kier molecular flexibility index (Phi) is 23.7. The Labute approximate surface area is 666 Å². The topological polar surface area (TPSA) is 167 Å². The van der Waals surface area contributed by atoms with Gasteiger partial charge in [-0.25, -0.2) is 0 Å². The lowest BCUT2D eigenvalue weighted by atomic mass is 9.41. The number of carbonyl (C=O) groups is 1. The molecule has 12 aliphatic carbocycles. The second kappa shape index (κ2) is 30.0. The average molecular weight is 1560 g/mol. The molecule has 16 fully saturated rings. The predicted octanol–water partition coefficient (Wildman–Crippen LogP) is 19.0. The van der Waals surface area contributed by atoms with Gasteiger partial charge >= 0.3 is 5.97 Å². The van der Waals surface area contributed by atoms with E-state index in [0.29, 0.717) is 69.0 Å². The molecule has 109 heavy (non-hydrogen) atoms. The molecule has 0 aromatic carbocycles. The molecule has 0 aromatic rings. The number of fused-ring (bicyclic) bond motifs is 8. The second-order valence-electron chi connectivity index (χ2n) is 43.6. The smallest absolute Gasteiger partial charge is 0.303 e. The Morgan fingerprint density at radius 1 is 0.514 bits per heavy atom. The van der Waals surface area contributed by atoms with Gasteiger partial charge in [-0.15, -0.1) is 0 Å². The monoisotopic (exact) mass is 1560 g/mol. The molecule has 12 saturated carbocycles. The van der Waals surface area contributed by atoms with E-state index in [0.717, 1.165) is 113 Å². The molecular formula is C92H164N2O13Si2. The summed E-state index contributed by atoms with van der Waals surface area (Å²) in [4.78, 5) is 17.7. The van der Waals surface area contributed by atoms with Crippen molar-refractivity contribution in [3.05, 3.63) is 0 Å². The minimum Gasteiger partial charge on any atom is -0.457 e. The minimum atomic E-state index is -2.06. The Balaban J connectivity index is 0.000000189. The van der Waals surface area contributed by atoms with Crippen LogP contribution in [0.1, 0.15) is 302 Å². The highest BCUT2D eigenvalue weighted by molar-refractivity contribution is 6.74. The van der Waals surface area contributed by atoms with Crippen molar-refractivity contribution < 1.29 is 62.1 Å². The largest absolute Gasteiger partial charge is 0.457 e. The average Bonchev–Trinajstić information content (AvgIpc) is 1.46. The van der Waals surface area contributed by atoms with Gasteiger partial charge in [-0.3, -0.25) is 14.6 Å². The van der Waals surface area contributed by atoms with Crippen molar-refractivity contribution in [3.63, 3.8) is 0 Å². The van der Waals surface area contributed by atoms with Gasteiger partial charge in [0.05, 0.1) is 73.2 Å². The summed E-state index contributed by atoms with van der Waals surface area (Å²) in [6, 6.07) is 8.21. The van der Waals surface area contributed by atoms with Crippen molar-refractivity contribution in [2.24, 2.45) is 101 Å². The molecule has 0 aromatic heterocycles. The van der Waals surface area contributed by atoms with Crippen LogP contribution in [-0.4, -0.2) is 184 Å². The molecule has 16 rings (SSSR count). The van der Waals surface area contributed by atoms with Crippen LogP contribution in [0, 0.1) is 101 Å².